The molecule has 0 fully saturated rings. The molecule has 0 unspecified atom stereocenters. The first-order chi connectivity index (χ1) is 7.54. The first-order valence-corrected chi connectivity index (χ1v) is 4.43. The molecule has 0 atom stereocenters. The Kier molecular flexibility index (Phi) is 3.90. The second kappa shape index (κ2) is 5.17. The average molecular weight is 227 g/mol. The lowest BCUT2D eigenvalue weighted by Gasteiger charge is -2.05. The molecule has 1 aromatic carbocycles. The van der Waals surface area contributed by atoms with Gasteiger partial charge in [-0.15, -0.1) is 0 Å². The third-order valence-electron chi connectivity index (χ3n) is 1.77. The lowest BCUT2D eigenvalue weighted by molar-refractivity contribution is -0.384. The van der Waals surface area contributed by atoms with Gasteiger partial charge in [-0.3, -0.25) is 14.9 Å². The normalized spacial score (nSPS) is 9.88. The molecule has 16 heavy (non-hydrogen) atoms. The van der Waals surface area contributed by atoms with Crippen molar-refractivity contribution in [1.82, 2.24) is 5.32 Å². The molecule has 0 bridgehead atoms. The number of halogens is 1. The smallest absolute Gasteiger partial charge is 0.292 e. The van der Waals surface area contributed by atoms with Crippen LogP contribution in [0.15, 0.2) is 18.2 Å². The number of carbonyl (C=O) groups is 1. The van der Waals surface area contributed by atoms with E-state index in [-0.39, 0.29) is 17.9 Å². The number of amides is 1. The Balaban J connectivity index is 2.96. The summed E-state index contributed by atoms with van der Waals surface area (Å²) in [6, 6.07) is 2.88. The van der Waals surface area contributed by atoms with Gasteiger partial charge in [-0.2, -0.15) is 0 Å². The molecule has 0 aromatic heterocycles. The van der Waals surface area contributed by atoms with Gasteiger partial charge in [0.15, 0.2) is 0 Å². The monoisotopic (exact) mass is 227 g/mol. The van der Waals surface area contributed by atoms with Crippen molar-refractivity contribution < 1.29 is 14.1 Å². The van der Waals surface area contributed by atoms with Gasteiger partial charge < -0.3 is 10.6 Å². The predicted molar refractivity (Wildman–Crippen MR) is 55.6 cm³/mol. The number of likely N-dealkylation sites (N-methyl/N-ethyl adjacent to an activating group) is 1. The highest BCUT2D eigenvalue weighted by Gasteiger charge is 2.16. The van der Waals surface area contributed by atoms with Gasteiger partial charge in [0.05, 0.1) is 11.5 Å². The maximum atomic E-state index is 12.9. The van der Waals surface area contributed by atoms with Crippen LogP contribution in [0.5, 0.6) is 0 Å². The van der Waals surface area contributed by atoms with Crippen molar-refractivity contribution in [3.8, 4) is 0 Å². The molecule has 0 aliphatic rings. The Bertz CT molecular complexity index is 422. The third kappa shape index (κ3) is 2.99. The molecule has 0 aliphatic heterocycles. The van der Waals surface area contributed by atoms with E-state index >= 15 is 0 Å². The van der Waals surface area contributed by atoms with Gasteiger partial charge in [0.2, 0.25) is 5.91 Å². The molecule has 0 saturated carbocycles. The summed E-state index contributed by atoms with van der Waals surface area (Å²) >= 11 is 0. The molecule has 1 rings (SSSR count). The Morgan fingerprint density at radius 2 is 2.25 bits per heavy atom. The van der Waals surface area contributed by atoms with Crippen LogP contribution in [0.1, 0.15) is 0 Å². The number of nitrogens with one attached hydrogen (secondary N) is 2. The number of carbonyl (C=O) groups excluding carboxylic acids is 1. The molecule has 0 aliphatic carbocycles. The van der Waals surface area contributed by atoms with Gasteiger partial charge in [0.1, 0.15) is 11.5 Å². The molecular formula is C9H10FN3O3. The highest BCUT2D eigenvalue weighted by Crippen LogP contribution is 2.24. The molecule has 0 heterocycles. The van der Waals surface area contributed by atoms with Crippen LogP contribution >= 0.6 is 0 Å². The first kappa shape index (κ1) is 12.1. The second-order valence-corrected chi connectivity index (χ2v) is 3.00. The van der Waals surface area contributed by atoms with Gasteiger partial charge in [0.25, 0.3) is 5.69 Å². The highest BCUT2D eigenvalue weighted by atomic mass is 19.1. The Morgan fingerprint density at radius 3 is 2.81 bits per heavy atom. The quantitative estimate of drug-likeness (QED) is 0.591. The summed E-state index contributed by atoms with van der Waals surface area (Å²) < 4.78 is 12.9. The Hall–Kier alpha value is -2.02. The van der Waals surface area contributed by atoms with E-state index in [9.17, 15) is 19.3 Å². The summed E-state index contributed by atoms with van der Waals surface area (Å²) in [6.07, 6.45) is 0. The molecule has 0 radical (unpaired) electrons. The fourth-order valence-corrected chi connectivity index (χ4v) is 1.12. The average Bonchev–Trinajstić information content (AvgIpc) is 2.17. The van der Waals surface area contributed by atoms with Crippen molar-refractivity contribution in [3.05, 3.63) is 34.1 Å². The predicted octanol–water partition coefficient (Wildman–Crippen LogP) is 0.892. The van der Waals surface area contributed by atoms with Crippen molar-refractivity contribution in [2.75, 3.05) is 18.9 Å². The van der Waals surface area contributed by atoms with Gasteiger partial charge in [0, 0.05) is 12.1 Å². The van der Waals surface area contributed by atoms with E-state index < -0.39 is 16.6 Å². The van der Waals surface area contributed by atoms with Gasteiger partial charge in [-0.1, -0.05) is 0 Å². The third-order valence-corrected chi connectivity index (χ3v) is 1.77. The number of nitrogens with zero attached hydrogens (tertiary/aromatic N) is 1. The van der Waals surface area contributed by atoms with Crippen LogP contribution in [0.25, 0.3) is 0 Å². The van der Waals surface area contributed by atoms with E-state index in [4.69, 9.17) is 0 Å². The van der Waals surface area contributed by atoms with Gasteiger partial charge >= 0.3 is 0 Å². The molecule has 0 spiro atoms. The van der Waals surface area contributed by atoms with Crippen molar-refractivity contribution in [2.24, 2.45) is 0 Å². The lowest BCUT2D eigenvalue weighted by atomic mass is 10.2. The van der Waals surface area contributed by atoms with E-state index in [1.54, 1.807) is 7.05 Å². The summed E-state index contributed by atoms with van der Waals surface area (Å²) in [5.74, 6) is -1.12. The van der Waals surface area contributed by atoms with Crippen molar-refractivity contribution >= 4 is 17.3 Å². The summed E-state index contributed by atoms with van der Waals surface area (Å²) in [7, 11) is 1.56. The van der Waals surface area contributed by atoms with E-state index in [0.29, 0.717) is 0 Å². The summed E-state index contributed by atoms with van der Waals surface area (Å²) in [6.45, 7) is -0.00628. The fourth-order valence-electron chi connectivity index (χ4n) is 1.12. The molecule has 6 nitrogen and oxygen atoms in total. The number of nitro groups is 1. The van der Waals surface area contributed by atoms with Crippen LogP contribution in [0.4, 0.5) is 15.8 Å². The number of hydrogen-bond acceptors (Lipinski definition) is 4. The zero-order valence-electron chi connectivity index (χ0n) is 8.49. The van der Waals surface area contributed by atoms with Crippen LogP contribution in [-0.2, 0) is 4.79 Å². The van der Waals surface area contributed by atoms with Crippen molar-refractivity contribution in [1.29, 1.82) is 0 Å². The molecule has 86 valence electrons. The molecule has 1 amide bonds. The minimum atomic E-state index is -0.686. The summed E-state index contributed by atoms with van der Waals surface area (Å²) in [5.41, 5.74) is -0.490. The number of nitro benzene ring substituents is 1. The van der Waals surface area contributed by atoms with Crippen LogP contribution < -0.4 is 10.6 Å². The van der Waals surface area contributed by atoms with E-state index in [1.807, 2.05) is 0 Å². The van der Waals surface area contributed by atoms with Crippen LogP contribution in [0.2, 0.25) is 0 Å². The molecule has 7 heteroatoms. The van der Waals surface area contributed by atoms with Crippen LogP contribution in [0, 0.1) is 15.9 Å². The highest BCUT2D eigenvalue weighted by molar-refractivity contribution is 5.94. The maximum absolute atomic E-state index is 12.9. The minimum Gasteiger partial charge on any atom is -0.319 e. The summed E-state index contributed by atoms with van der Waals surface area (Å²) in [4.78, 5) is 21.1. The number of anilines is 1. The SMILES string of the molecule is CNCC(=O)Nc1cc(F)ccc1[N+](=O)[O-]. The van der Waals surface area contributed by atoms with Crippen molar-refractivity contribution in [3.63, 3.8) is 0 Å². The van der Waals surface area contributed by atoms with Crippen LogP contribution in [0.3, 0.4) is 0 Å². The maximum Gasteiger partial charge on any atom is 0.292 e. The van der Waals surface area contributed by atoms with E-state index in [1.165, 1.54) is 0 Å². The van der Waals surface area contributed by atoms with Gasteiger partial charge in [-0.25, -0.2) is 4.39 Å². The zero-order chi connectivity index (χ0) is 12.1. The first-order valence-electron chi connectivity index (χ1n) is 4.43. The number of rotatable bonds is 4. The number of hydrogen-bond donors (Lipinski definition) is 2. The molecule has 1 aromatic rings. The van der Waals surface area contributed by atoms with E-state index in [2.05, 4.69) is 10.6 Å². The standard InChI is InChI=1S/C9H10FN3O3/c1-11-5-9(14)12-7-4-6(10)2-3-8(7)13(15)16/h2-4,11H,5H2,1H3,(H,12,14). The Labute approximate surface area is 90.6 Å². The second-order valence-electron chi connectivity index (χ2n) is 3.00. The zero-order valence-corrected chi connectivity index (χ0v) is 8.49. The largest absolute Gasteiger partial charge is 0.319 e. The molecule has 0 saturated heterocycles. The van der Waals surface area contributed by atoms with Crippen molar-refractivity contribution in [2.45, 2.75) is 0 Å². The number of benzene rings is 1. The van der Waals surface area contributed by atoms with Gasteiger partial charge in [-0.05, 0) is 13.1 Å². The molecule has 2 N–H and O–H groups in total. The van der Waals surface area contributed by atoms with Crippen LogP contribution in [-0.4, -0.2) is 24.4 Å². The fraction of sp³-hybridized carbons (Fsp3) is 0.222. The lowest BCUT2D eigenvalue weighted by Crippen LogP contribution is -2.25. The topological polar surface area (TPSA) is 84.3 Å². The minimum absolute atomic E-state index is 0.00628. The summed E-state index contributed by atoms with van der Waals surface area (Å²) in [5, 5.41) is 15.4. The molecular weight excluding hydrogens is 217 g/mol. The Morgan fingerprint density at radius 1 is 1.56 bits per heavy atom. The van der Waals surface area contributed by atoms with E-state index in [0.717, 1.165) is 18.2 Å².